The van der Waals surface area contributed by atoms with E-state index in [1.165, 1.54) is 19.3 Å². The number of hydrazine groups is 1. The number of rotatable bonds is 6. The second-order valence-corrected chi connectivity index (χ2v) is 4.75. The highest BCUT2D eigenvalue weighted by molar-refractivity contribution is 4.83. The molecule has 1 rings (SSSR count). The Bertz CT molecular complexity index is 157. The van der Waals surface area contributed by atoms with E-state index in [0.717, 1.165) is 12.3 Å². The second kappa shape index (κ2) is 5.69. The van der Waals surface area contributed by atoms with Gasteiger partial charge < -0.3 is 4.74 Å². The molecule has 1 aliphatic rings. The van der Waals surface area contributed by atoms with Gasteiger partial charge in [0, 0.05) is 13.2 Å². The van der Waals surface area contributed by atoms with Gasteiger partial charge in [0.15, 0.2) is 0 Å². The maximum Gasteiger partial charge on any atom is 0.0760 e. The SMILES string of the molecule is COC(C(C)C)C(CC1CCC1)NN. The van der Waals surface area contributed by atoms with Crippen LogP contribution in [-0.2, 0) is 4.74 Å². The van der Waals surface area contributed by atoms with Crippen molar-refractivity contribution in [2.75, 3.05) is 7.11 Å². The Hall–Kier alpha value is -0.120. The zero-order valence-corrected chi connectivity index (χ0v) is 9.62. The van der Waals surface area contributed by atoms with Gasteiger partial charge in [-0.2, -0.15) is 0 Å². The van der Waals surface area contributed by atoms with Crippen LogP contribution in [0.2, 0.25) is 0 Å². The summed E-state index contributed by atoms with van der Waals surface area (Å²) >= 11 is 0. The van der Waals surface area contributed by atoms with Gasteiger partial charge in [-0.3, -0.25) is 11.3 Å². The van der Waals surface area contributed by atoms with Crippen molar-refractivity contribution >= 4 is 0 Å². The summed E-state index contributed by atoms with van der Waals surface area (Å²) in [6.07, 6.45) is 5.52. The van der Waals surface area contributed by atoms with Gasteiger partial charge in [0.1, 0.15) is 0 Å². The molecule has 2 atom stereocenters. The first-order valence-electron chi connectivity index (χ1n) is 5.68. The molecule has 14 heavy (non-hydrogen) atoms. The molecule has 3 nitrogen and oxygen atoms in total. The number of hydrogen-bond donors (Lipinski definition) is 2. The molecule has 0 radical (unpaired) electrons. The van der Waals surface area contributed by atoms with Crippen molar-refractivity contribution in [3.63, 3.8) is 0 Å². The molecular formula is C11H24N2O. The minimum atomic E-state index is 0.237. The fourth-order valence-corrected chi connectivity index (χ4v) is 2.29. The van der Waals surface area contributed by atoms with Crippen molar-refractivity contribution in [1.29, 1.82) is 0 Å². The Labute approximate surface area is 87.4 Å². The fraction of sp³-hybridized carbons (Fsp3) is 1.00. The van der Waals surface area contributed by atoms with Gasteiger partial charge in [0.05, 0.1) is 6.10 Å². The van der Waals surface area contributed by atoms with Crippen LogP contribution in [0.25, 0.3) is 0 Å². The quantitative estimate of drug-likeness (QED) is 0.506. The summed E-state index contributed by atoms with van der Waals surface area (Å²) in [5.41, 5.74) is 2.91. The van der Waals surface area contributed by atoms with Crippen LogP contribution in [-0.4, -0.2) is 19.3 Å². The molecule has 84 valence electrons. The van der Waals surface area contributed by atoms with Crippen LogP contribution in [0.15, 0.2) is 0 Å². The van der Waals surface area contributed by atoms with Crippen molar-refractivity contribution in [2.45, 2.75) is 51.7 Å². The van der Waals surface area contributed by atoms with E-state index in [-0.39, 0.29) is 6.10 Å². The van der Waals surface area contributed by atoms with Crippen molar-refractivity contribution in [1.82, 2.24) is 5.43 Å². The lowest BCUT2D eigenvalue weighted by molar-refractivity contribution is 0.0214. The number of nitrogens with two attached hydrogens (primary N) is 1. The van der Waals surface area contributed by atoms with Crippen molar-refractivity contribution in [3.8, 4) is 0 Å². The molecular weight excluding hydrogens is 176 g/mol. The number of hydrogen-bond acceptors (Lipinski definition) is 3. The van der Waals surface area contributed by atoms with E-state index in [4.69, 9.17) is 10.6 Å². The maximum absolute atomic E-state index is 5.58. The second-order valence-electron chi connectivity index (χ2n) is 4.75. The predicted molar refractivity (Wildman–Crippen MR) is 58.7 cm³/mol. The van der Waals surface area contributed by atoms with Gasteiger partial charge in [-0.05, 0) is 18.3 Å². The maximum atomic E-state index is 5.58. The normalized spacial score (nSPS) is 22.1. The molecule has 1 aliphatic carbocycles. The van der Waals surface area contributed by atoms with Gasteiger partial charge in [-0.15, -0.1) is 0 Å². The Kier molecular flexibility index (Phi) is 4.85. The van der Waals surface area contributed by atoms with E-state index in [2.05, 4.69) is 19.3 Å². The van der Waals surface area contributed by atoms with Crippen molar-refractivity contribution in [3.05, 3.63) is 0 Å². The third-order valence-corrected chi connectivity index (χ3v) is 3.35. The summed E-state index contributed by atoms with van der Waals surface area (Å²) in [6.45, 7) is 4.36. The molecule has 3 N–H and O–H groups in total. The highest BCUT2D eigenvalue weighted by Gasteiger charge is 2.28. The minimum absolute atomic E-state index is 0.237. The van der Waals surface area contributed by atoms with E-state index >= 15 is 0 Å². The third kappa shape index (κ3) is 2.94. The molecule has 0 aliphatic heterocycles. The van der Waals surface area contributed by atoms with Gasteiger partial charge in [0.25, 0.3) is 0 Å². The molecule has 0 spiro atoms. The molecule has 0 amide bonds. The van der Waals surface area contributed by atoms with Crippen LogP contribution >= 0.6 is 0 Å². The van der Waals surface area contributed by atoms with Crippen LogP contribution < -0.4 is 11.3 Å². The topological polar surface area (TPSA) is 47.3 Å². The Balaban J connectivity index is 2.40. The first-order valence-corrected chi connectivity index (χ1v) is 5.68. The van der Waals surface area contributed by atoms with Gasteiger partial charge >= 0.3 is 0 Å². The summed E-state index contributed by atoms with van der Waals surface area (Å²) in [6, 6.07) is 0.310. The Morgan fingerprint density at radius 2 is 2.07 bits per heavy atom. The summed E-state index contributed by atoms with van der Waals surface area (Å²) in [5.74, 6) is 6.97. The van der Waals surface area contributed by atoms with Crippen molar-refractivity contribution in [2.24, 2.45) is 17.7 Å². The summed E-state index contributed by atoms with van der Waals surface area (Å²) in [5, 5.41) is 0. The first-order chi connectivity index (χ1) is 6.69. The zero-order valence-electron chi connectivity index (χ0n) is 9.62. The molecule has 3 heteroatoms. The molecule has 0 bridgehead atoms. The van der Waals surface area contributed by atoms with Gasteiger partial charge in [-0.1, -0.05) is 33.1 Å². The highest BCUT2D eigenvalue weighted by atomic mass is 16.5. The predicted octanol–water partition coefficient (Wildman–Crippen LogP) is 1.68. The molecule has 0 aromatic rings. The van der Waals surface area contributed by atoms with Crippen LogP contribution in [0.3, 0.4) is 0 Å². The van der Waals surface area contributed by atoms with Gasteiger partial charge in [0.2, 0.25) is 0 Å². The van der Waals surface area contributed by atoms with Crippen LogP contribution in [0.1, 0.15) is 39.5 Å². The zero-order chi connectivity index (χ0) is 10.6. The molecule has 1 saturated carbocycles. The Morgan fingerprint density at radius 1 is 1.43 bits per heavy atom. The molecule has 0 saturated heterocycles. The largest absolute Gasteiger partial charge is 0.380 e. The smallest absolute Gasteiger partial charge is 0.0760 e. The summed E-state index contributed by atoms with van der Waals surface area (Å²) in [4.78, 5) is 0. The number of nitrogens with one attached hydrogen (secondary N) is 1. The van der Waals surface area contributed by atoms with Crippen molar-refractivity contribution < 1.29 is 4.74 Å². The number of ether oxygens (including phenoxy) is 1. The van der Waals surface area contributed by atoms with Gasteiger partial charge in [-0.25, -0.2) is 0 Å². The molecule has 0 aromatic heterocycles. The standard InChI is InChI=1S/C11H24N2O/c1-8(2)11(14-3)10(13-12)7-9-5-4-6-9/h8-11,13H,4-7,12H2,1-3H3. The monoisotopic (exact) mass is 200 g/mol. The lowest BCUT2D eigenvalue weighted by Gasteiger charge is -2.34. The van der Waals surface area contributed by atoms with E-state index in [1.807, 2.05) is 0 Å². The van der Waals surface area contributed by atoms with E-state index in [0.29, 0.717) is 12.0 Å². The third-order valence-electron chi connectivity index (χ3n) is 3.35. The van der Waals surface area contributed by atoms with Crippen LogP contribution in [0, 0.1) is 11.8 Å². The van der Waals surface area contributed by atoms with Crippen LogP contribution in [0.4, 0.5) is 0 Å². The molecule has 0 heterocycles. The fourth-order valence-electron chi connectivity index (χ4n) is 2.29. The lowest BCUT2D eigenvalue weighted by Crippen LogP contribution is -2.48. The van der Waals surface area contributed by atoms with Crippen LogP contribution in [0.5, 0.6) is 0 Å². The molecule has 2 unspecified atom stereocenters. The van der Waals surface area contributed by atoms with E-state index < -0.39 is 0 Å². The van der Waals surface area contributed by atoms with E-state index in [9.17, 15) is 0 Å². The minimum Gasteiger partial charge on any atom is -0.380 e. The molecule has 0 aromatic carbocycles. The van der Waals surface area contributed by atoms with E-state index in [1.54, 1.807) is 7.11 Å². The Morgan fingerprint density at radius 3 is 2.36 bits per heavy atom. The molecule has 1 fully saturated rings. The number of methoxy groups -OCH3 is 1. The summed E-state index contributed by atoms with van der Waals surface area (Å²) in [7, 11) is 1.77. The average Bonchev–Trinajstić information content (AvgIpc) is 2.08. The summed E-state index contributed by atoms with van der Waals surface area (Å²) < 4.78 is 5.49. The average molecular weight is 200 g/mol. The lowest BCUT2D eigenvalue weighted by atomic mass is 9.79. The first kappa shape index (κ1) is 12.0. The highest BCUT2D eigenvalue weighted by Crippen LogP contribution is 2.31.